The Morgan fingerprint density at radius 1 is 1.18 bits per heavy atom. The normalized spacial score (nSPS) is 16.6. The molecule has 4 aromatic rings. The topological polar surface area (TPSA) is 114 Å². The standard InChI is InChI=1S/C22H21F3N6O3/c1-11-7-13(8-16(27-11)22(23,24)25)18-19(15-4-3-12(2)34-15)29-21(26)31-20(18)28-17(30-31)10-33-14-5-6-32-9-14/h3-4,7-8,14H,5-6,9-10H2,1-2H3,(H2,26,29)/t14-/m0/s1. The van der Waals surface area contributed by atoms with E-state index in [1.807, 2.05) is 0 Å². The number of nitrogens with two attached hydrogens (primary N) is 1. The van der Waals surface area contributed by atoms with Crippen LogP contribution in [-0.4, -0.2) is 43.9 Å². The minimum absolute atomic E-state index is 0.00701. The van der Waals surface area contributed by atoms with Gasteiger partial charge in [0.15, 0.2) is 17.2 Å². The van der Waals surface area contributed by atoms with Crippen molar-refractivity contribution in [3.63, 3.8) is 0 Å². The second kappa shape index (κ2) is 8.37. The van der Waals surface area contributed by atoms with Gasteiger partial charge in [0.05, 0.1) is 18.3 Å². The molecule has 12 heteroatoms. The molecule has 5 rings (SSSR count). The molecule has 1 aliphatic rings. The van der Waals surface area contributed by atoms with Crippen LogP contribution in [0, 0.1) is 13.8 Å². The first-order valence-corrected chi connectivity index (χ1v) is 10.6. The van der Waals surface area contributed by atoms with Crippen LogP contribution in [0.3, 0.4) is 0 Å². The maximum Gasteiger partial charge on any atom is 0.433 e. The fraction of sp³-hybridized carbons (Fsp3) is 0.364. The van der Waals surface area contributed by atoms with Gasteiger partial charge in [-0.05, 0) is 50.1 Å². The van der Waals surface area contributed by atoms with Crippen LogP contribution in [0.25, 0.3) is 28.2 Å². The number of furan rings is 1. The van der Waals surface area contributed by atoms with Crippen molar-refractivity contribution in [2.75, 3.05) is 18.9 Å². The number of alkyl halides is 3. The number of nitrogen functional groups attached to an aromatic ring is 1. The summed E-state index contributed by atoms with van der Waals surface area (Å²) in [5.74, 6) is 1.27. The molecular formula is C22H21F3N6O3. The van der Waals surface area contributed by atoms with Gasteiger partial charge in [-0.2, -0.15) is 17.7 Å². The summed E-state index contributed by atoms with van der Waals surface area (Å²) in [4.78, 5) is 12.6. The van der Waals surface area contributed by atoms with Crippen molar-refractivity contribution in [2.24, 2.45) is 0 Å². The van der Waals surface area contributed by atoms with Gasteiger partial charge in [0.25, 0.3) is 0 Å². The molecule has 1 atom stereocenters. The number of aromatic nitrogens is 5. The Labute approximate surface area is 191 Å². The highest BCUT2D eigenvalue weighted by Crippen LogP contribution is 2.38. The number of anilines is 1. The lowest BCUT2D eigenvalue weighted by Crippen LogP contribution is -2.12. The van der Waals surface area contributed by atoms with Gasteiger partial charge in [-0.3, -0.25) is 0 Å². The maximum absolute atomic E-state index is 13.5. The molecule has 4 aromatic heterocycles. The van der Waals surface area contributed by atoms with Crippen molar-refractivity contribution < 1.29 is 27.1 Å². The van der Waals surface area contributed by atoms with Crippen molar-refractivity contribution in [2.45, 2.75) is 39.2 Å². The van der Waals surface area contributed by atoms with Gasteiger partial charge in [0, 0.05) is 12.3 Å². The average molecular weight is 474 g/mol. The number of halogens is 3. The smallest absolute Gasteiger partial charge is 0.433 e. The molecule has 0 aliphatic carbocycles. The Kier molecular flexibility index (Phi) is 5.48. The van der Waals surface area contributed by atoms with E-state index in [9.17, 15) is 13.2 Å². The van der Waals surface area contributed by atoms with Crippen LogP contribution in [-0.2, 0) is 22.3 Å². The second-order valence-corrected chi connectivity index (χ2v) is 8.04. The third kappa shape index (κ3) is 4.21. The number of rotatable bonds is 5. The SMILES string of the molecule is Cc1cc(-c2c(-c3ccc(C)o3)nc(N)n3nc(CO[C@H]4CCOC4)nc23)cc(C(F)(F)F)n1. The monoisotopic (exact) mass is 474 g/mol. The fourth-order valence-electron chi connectivity index (χ4n) is 3.86. The molecule has 0 aromatic carbocycles. The molecular weight excluding hydrogens is 453 g/mol. The predicted molar refractivity (Wildman–Crippen MR) is 115 cm³/mol. The van der Waals surface area contributed by atoms with E-state index in [0.29, 0.717) is 36.1 Å². The van der Waals surface area contributed by atoms with E-state index in [4.69, 9.17) is 19.6 Å². The van der Waals surface area contributed by atoms with E-state index in [1.165, 1.54) is 17.5 Å². The van der Waals surface area contributed by atoms with Crippen LogP contribution in [0.15, 0.2) is 28.7 Å². The Morgan fingerprint density at radius 3 is 2.68 bits per heavy atom. The minimum atomic E-state index is -4.63. The summed E-state index contributed by atoms with van der Waals surface area (Å²) in [6.45, 7) is 4.44. The summed E-state index contributed by atoms with van der Waals surface area (Å²) in [6, 6.07) is 5.89. The van der Waals surface area contributed by atoms with E-state index in [1.54, 1.807) is 19.1 Å². The van der Waals surface area contributed by atoms with E-state index in [2.05, 4.69) is 20.1 Å². The quantitative estimate of drug-likeness (QED) is 0.462. The minimum Gasteiger partial charge on any atom is -0.460 e. The Bertz CT molecular complexity index is 1360. The Balaban J connectivity index is 1.70. The van der Waals surface area contributed by atoms with Crippen LogP contribution in [0.2, 0.25) is 0 Å². The molecule has 34 heavy (non-hydrogen) atoms. The second-order valence-electron chi connectivity index (χ2n) is 8.04. The van der Waals surface area contributed by atoms with Crippen LogP contribution in [0.1, 0.15) is 29.4 Å². The van der Waals surface area contributed by atoms with Crippen LogP contribution in [0.5, 0.6) is 0 Å². The zero-order valence-electron chi connectivity index (χ0n) is 18.4. The number of fused-ring (bicyclic) bond motifs is 1. The molecule has 0 spiro atoms. The zero-order valence-corrected chi connectivity index (χ0v) is 18.4. The van der Waals surface area contributed by atoms with Crippen molar-refractivity contribution >= 4 is 11.6 Å². The van der Waals surface area contributed by atoms with E-state index in [-0.39, 0.29) is 41.3 Å². The van der Waals surface area contributed by atoms with Crippen molar-refractivity contribution in [1.82, 2.24) is 24.6 Å². The molecule has 1 saturated heterocycles. The molecule has 0 saturated carbocycles. The van der Waals surface area contributed by atoms with Gasteiger partial charge in [-0.1, -0.05) is 0 Å². The summed E-state index contributed by atoms with van der Waals surface area (Å²) in [6.07, 6.45) is -3.93. The molecule has 2 N–H and O–H groups in total. The van der Waals surface area contributed by atoms with Crippen LogP contribution in [0.4, 0.5) is 19.1 Å². The first-order chi connectivity index (χ1) is 16.2. The van der Waals surface area contributed by atoms with Gasteiger partial charge in [-0.15, -0.1) is 5.10 Å². The third-order valence-electron chi connectivity index (χ3n) is 5.40. The lowest BCUT2D eigenvalue weighted by Gasteiger charge is -2.13. The fourth-order valence-corrected chi connectivity index (χ4v) is 3.86. The Morgan fingerprint density at radius 2 is 2.00 bits per heavy atom. The summed E-state index contributed by atoms with van der Waals surface area (Å²) >= 11 is 0. The molecule has 9 nitrogen and oxygen atoms in total. The van der Waals surface area contributed by atoms with Crippen molar-refractivity contribution in [3.05, 3.63) is 47.2 Å². The molecule has 0 bridgehead atoms. The van der Waals surface area contributed by atoms with Crippen LogP contribution < -0.4 is 5.73 Å². The summed E-state index contributed by atoms with van der Waals surface area (Å²) in [7, 11) is 0. The molecule has 0 amide bonds. The van der Waals surface area contributed by atoms with E-state index in [0.717, 1.165) is 12.5 Å². The average Bonchev–Trinajstić information content (AvgIpc) is 3.52. The number of nitrogens with zero attached hydrogens (tertiary/aromatic N) is 5. The first kappa shape index (κ1) is 22.3. The largest absolute Gasteiger partial charge is 0.460 e. The number of hydrogen-bond donors (Lipinski definition) is 1. The molecule has 1 aliphatic heterocycles. The van der Waals surface area contributed by atoms with Gasteiger partial charge in [-0.25, -0.2) is 15.0 Å². The summed E-state index contributed by atoms with van der Waals surface area (Å²) in [5.41, 5.74) is 6.32. The molecule has 0 unspecified atom stereocenters. The third-order valence-corrected chi connectivity index (χ3v) is 5.40. The summed E-state index contributed by atoms with van der Waals surface area (Å²) < 4.78 is 58.8. The molecule has 5 heterocycles. The Hall–Kier alpha value is -3.51. The number of hydrogen-bond acceptors (Lipinski definition) is 8. The predicted octanol–water partition coefficient (Wildman–Crippen LogP) is 3.97. The van der Waals surface area contributed by atoms with E-state index < -0.39 is 11.9 Å². The maximum atomic E-state index is 13.5. The lowest BCUT2D eigenvalue weighted by atomic mass is 10.0. The van der Waals surface area contributed by atoms with Gasteiger partial charge >= 0.3 is 6.18 Å². The highest BCUT2D eigenvalue weighted by molar-refractivity contribution is 5.89. The van der Waals surface area contributed by atoms with Gasteiger partial charge in [0.2, 0.25) is 5.95 Å². The van der Waals surface area contributed by atoms with Crippen molar-refractivity contribution in [1.29, 1.82) is 0 Å². The molecule has 178 valence electrons. The van der Waals surface area contributed by atoms with E-state index >= 15 is 0 Å². The van der Waals surface area contributed by atoms with Gasteiger partial charge in [0.1, 0.15) is 23.8 Å². The highest BCUT2D eigenvalue weighted by atomic mass is 19.4. The van der Waals surface area contributed by atoms with Gasteiger partial charge < -0.3 is 19.6 Å². The number of pyridine rings is 1. The lowest BCUT2D eigenvalue weighted by molar-refractivity contribution is -0.141. The first-order valence-electron chi connectivity index (χ1n) is 10.6. The van der Waals surface area contributed by atoms with Crippen molar-refractivity contribution in [3.8, 4) is 22.6 Å². The highest BCUT2D eigenvalue weighted by Gasteiger charge is 2.34. The number of aryl methyl sites for hydroxylation is 2. The van der Waals surface area contributed by atoms with Crippen LogP contribution >= 0.6 is 0 Å². The number of ether oxygens (including phenoxy) is 2. The molecule has 1 fully saturated rings. The zero-order chi connectivity index (χ0) is 24.0. The summed E-state index contributed by atoms with van der Waals surface area (Å²) in [5, 5.41) is 4.38. The molecule has 0 radical (unpaired) electrons.